The van der Waals surface area contributed by atoms with E-state index in [1.165, 1.54) is 11.3 Å². The zero-order chi connectivity index (χ0) is 14.4. The van der Waals surface area contributed by atoms with Gasteiger partial charge in [-0.1, -0.05) is 12.1 Å². The SMILES string of the molecule is NC(=O)NC(CC(=O)NCc1cccs1)c1cccs1. The Morgan fingerprint density at radius 1 is 1.20 bits per heavy atom. The molecule has 2 heterocycles. The van der Waals surface area contributed by atoms with Crippen LogP contribution in [0.1, 0.15) is 22.2 Å². The normalized spacial score (nSPS) is 11.8. The molecule has 106 valence electrons. The molecule has 0 aromatic carbocycles. The lowest BCUT2D eigenvalue weighted by Gasteiger charge is -2.15. The Morgan fingerprint density at radius 2 is 1.95 bits per heavy atom. The van der Waals surface area contributed by atoms with Crippen LogP contribution in [0.5, 0.6) is 0 Å². The van der Waals surface area contributed by atoms with Gasteiger partial charge in [-0.2, -0.15) is 0 Å². The second kappa shape index (κ2) is 7.06. The minimum absolute atomic E-state index is 0.120. The van der Waals surface area contributed by atoms with Gasteiger partial charge in [-0.05, 0) is 22.9 Å². The van der Waals surface area contributed by atoms with E-state index in [4.69, 9.17) is 5.73 Å². The fourth-order valence-electron chi connectivity index (χ4n) is 1.74. The van der Waals surface area contributed by atoms with Crippen LogP contribution in [0.2, 0.25) is 0 Å². The molecule has 0 aliphatic carbocycles. The van der Waals surface area contributed by atoms with E-state index in [2.05, 4.69) is 10.6 Å². The largest absolute Gasteiger partial charge is 0.352 e. The predicted molar refractivity (Wildman–Crippen MR) is 80.6 cm³/mol. The van der Waals surface area contributed by atoms with Crippen molar-refractivity contribution in [3.63, 3.8) is 0 Å². The molecule has 1 unspecified atom stereocenters. The van der Waals surface area contributed by atoms with Gasteiger partial charge in [0, 0.05) is 9.75 Å². The summed E-state index contributed by atoms with van der Waals surface area (Å²) in [7, 11) is 0. The third-order valence-corrected chi connectivity index (χ3v) is 4.49. The second-order valence-corrected chi connectivity index (χ2v) is 6.15. The number of primary amides is 1. The van der Waals surface area contributed by atoms with E-state index < -0.39 is 6.03 Å². The minimum atomic E-state index is -0.630. The quantitative estimate of drug-likeness (QED) is 0.764. The third kappa shape index (κ3) is 4.36. The van der Waals surface area contributed by atoms with Crippen LogP contribution >= 0.6 is 22.7 Å². The highest BCUT2D eigenvalue weighted by Crippen LogP contribution is 2.21. The number of hydrogen-bond acceptors (Lipinski definition) is 4. The maximum atomic E-state index is 11.9. The van der Waals surface area contributed by atoms with Gasteiger partial charge < -0.3 is 16.4 Å². The van der Waals surface area contributed by atoms with Crippen LogP contribution in [0.4, 0.5) is 4.79 Å². The van der Waals surface area contributed by atoms with Gasteiger partial charge in [-0.15, -0.1) is 22.7 Å². The maximum absolute atomic E-state index is 11.9. The summed E-state index contributed by atoms with van der Waals surface area (Å²) in [4.78, 5) is 25.0. The van der Waals surface area contributed by atoms with Crippen LogP contribution in [0.3, 0.4) is 0 Å². The van der Waals surface area contributed by atoms with Crippen molar-refractivity contribution in [3.05, 3.63) is 44.8 Å². The summed E-state index contributed by atoms with van der Waals surface area (Å²) in [6.45, 7) is 0.504. The van der Waals surface area contributed by atoms with E-state index in [-0.39, 0.29) is 18.4 Å². The molecule has 0 radical (unpaired) electrons. The van der Waals surface area contributed by atoms with E-state index >= 15 is 0 Å². The zero-order valence-electron chi connectivity index (χ0n) is 10.7. The van der Waals surface area contributed by atoms with Crippen LogP contribution in [0.15, 0.2) is 35.0 Å². The Morgan fingerprint density at radius 3 is 2.55 bits per heavy atom. The monoisotopic (exact) mass is 309 g/mol. The van der Waals surface area contributed by atoms with Crippen molar-refractivity contribution in [1.82, 2.24) is 10.6 Å². The molecule has 0 bridgehead atoms. The molecular weight excluding hydrogens is 294 g/mol. The lowest BCUT2D eigenvalue weighted by atomic mass is 10.1. The summed E-state index contributed by atoms with van der Waals surface area (Å²) in [5.74, 6) is -0.120. The average molecular weight is 309 g/mol. The highest BCUT2D eigenvalue weighted by atomic mass is 32.1. The minimum Gasteiger partial charge on any atom is -0.352 e. The molecule has 1 atom stereocenters. The first kappa shape index (κ1) is 14.5. The number of nitrogens with two attached hydrogens (primary N) is 1. The number of urea groups is 1. The van der Waals surface area contributed by atoms with Crippen molar-refractivity contribution < 1.29 is 9.59 Å². The van der Waals surface area contributed by atoms with E-state index in [0.29, 0.717) is 6.54 Å². The molecule has 5 nitrogen and oxygen atoms in total. The number of hydrogen-bond donors (Lipinski definition) is 3. The molecule has 7 heteroatoms. The first-order chi connectivity index (χ1) is 9.65. The van der Waals surface area contributed by atoms with Gasteiger partial charge in [-0.3, -0.25) is 4.79 Å². The van der Waals surface area contributed by atoms with Crippen LogP contribution in [-0.2, 0) is 11.3 Å². The molecule has 0 saturated heterocycles. The van der Waals surface area contributed by atoms with Crippen molar-refractivity contribution in [1.29, 1.82) is 0 Å². The Bertz CT molecular complexity index is 552. The Balaban J connectivity index is 1.90. The summed E-state index contributed by atoms with van der Waals surface area (Å²) in [5, 5.41) is 9.29. The molecule has 0 aliphatic rings. The first-order valence-corrected chi connectivity index (χ1v) is 7.79. The lowest BCUT2D eigenvalue weighted by Crippen LogP contribution is -2.36. The standard InChI is InChI=1S/C13H15N3O2S2/c14-13(18)16-10(11-4-2-6-20-11)7-12(17)15-8-9-3-1-5-19-9/h1-6,10H,7-8H2,(H,15,17)(H3,14,16,18). The Labute approximate surface area is 124 Å². The van der Waals surface area contributed by atoms with E-state index in [0.717, 1.165) is 9.75 Å². The van der Waals surface area contributed by atoms with Gasteiger partial charge in [0.15, 0.2) is 0 Å². The third-order valence-electron chi connectivity index (χ3n) is 2.63. The highest BCUT2D eigenvalue weighted by Gasteiger charge is 2.18. The lowest BCUT2D eigenvalue weighted by molar-refractivity contribution is -0.121. The van der Waals surface area contributed by atoms with E-state index in [1.807, 2.05) is 35.0 Å². The number of thiophene rings is 2. The molecule has 4 N–H and O–H groups in total. The summed E-state index contributed by atoms with van der Waals surface area (Å²) in [6, 6.07) is 6.64. The Kier molecular flexibility index (Phi) is 5.14. The van der Waals surface area contributed by atoms with Crippen molar-refractivity contribution >= 4 is 34.6 Å². The molecule has 2 aromatic heterocycles. The number of carbonyl (C=O) groups is 2. The molecule has 0 saturated carbocycles. The van der Waals surface area contributed by atoms with Crippen LogP contribution in [0, 0.1) is 0 Å². The molecule has 0 aliphatic heterocycles. The maximum Gasteiger partial charge on any atom is 0.312 e. The smallest absolute Gasteiger partial charge is 0.312 e. The van der Waals surface area contributed by atoms with E-state index in [9.17, 15) is 9.59 Å². The van der Waals surface area contributed by atoms with Gasteiger partial charge in [0.25, 0.3) is 0 Å². The van der Waals surface area contributed by atoms with Crippen molar-refractivity contribution in [2.24, 2.45) is 5.73 Å². The summed E-state index contributed by atoms with van der Waals surface area (Å²) >= 11 is 3.07. The van der Waals surface area contributed by atoms with Gasteiger partial charge in [0.1, 0.15) is 0 Å². The summed E-state index contributed by atoms with van der Waals surface area (Å²) < 4.78 is 0. The van der Waals surface area contributed by atoms with Crippen LogP contribution in [-0.4, -0.2) is 11.9 Å². The van der Waals surface area contributed by atoms with Gasteiger partial charge >= 0.3 is 6.03 Å². The number of nitrogens with one attached hydrogen (secondary N) is 2. The highest BCUT2D eigenvalue weighted by molar-refractivity contribution is 7.10. The van der Waals surface area contributed by atoms with Crippen molar-refractivity contribution in [2.45, 2.75) is 19.0 Å². The fraction of sp³-hybridized carbons (Fsp3) is 0.231. The molecule has 0 fully saturated rings. The summed E-state index contributed by atoms with van der Waals surface area (Å²) in [6.07, 6.45) is 0.175. The number of amides is 3. The number of carbonyl (C=O) groups excluding carboxylic acids is 2. The summed E-state index contributed by atoms with van der Waals surface area (Å²) in [5.41, 5.74) is 5.15. The fourth-order valence-corrected chi connectivity index (χ4v) is 3.16. The molecule has 3 amide bonds. The average Bonchev–Trinajstić information content (AvgIpc) is 3.08. The zero-order valence-corrected chi connectivity index (χ0v) is 12.3. The molecule has 2 rings (SSSR count). The van der Waals surface area contributed by atoms with E-state index in [1.54, 1.807) is 11.3 Å². The molecular formula is C13H15N3O2S2. The predicted octanol–water partition coefficient (Wildman–Crippen LogP) is 2.23. The topological polar surface area (TPSA) is 84.2 Å². The van der Waals surface area contributed by atoms with Crippen LogP contribution in [0.25, 0.3) is 0 Å². The van der Waals surface area contributed by atoms with Crippen molar-refractivity contribution in [3.8, 4) is 0 Å². The van der Waals surface area contributed by atoms with Gasteiger partial charge in [0.05, 0.1) is 19.0 Å². The number of rotatable bonds is 6. The second-order valence-electron chi connectivity index (χ2n) is 4.14. The van der Waals surface area contributed by atoms with Gasteiger partial charge in [-0.25, -0.2) is 4.79 Å². The first-order valence-electron chi connectivity index (χ1n) is 6.03. The molecule has 20 heavy (non-hydrogen) atoms. The van der Waals surface area contributed by atoms with Gasteiger partial charge in [0.2, 0.25) is 5.91 Å². The Hall–Kier alpha value is -1.86. The van der Waals surface area contributed by atoms with Crippen LogP contribution < -0.4 is 16.4 Å². The molecule has 0 spiro atoms. The van der Waals surface area contributed by atoms with Crippen molar-refractivity contribution in [2.75, 3.05) is 0 Å². The molecule has 2 aromatic rings.